The largest absolute Gasteiger partial charge is 0.501 e. The Morgan fingerprint density at radius 2 is 1.95 bits per heavy atom. The zero-order valence-electron chi connectivity index (χ0n) is 12.1. The number of hydrogen-bond acceptors (Lipinski definition) is 2. The predicted octanol–water partition coefficient (Wildman–Crippen LogP) is 4.22. The average molecular weight is 335 g/mol. The molecule has 2 unspecified atom stereocenters. The molecule has 2 aliphatic carbocycles. The van der Waals surface area contributed by atoms with Crippen molar-refractivity contribution in [2.45, 2.75) is 38.5 Å². The Balaban J connectivity index is 2.16. The number of methoxy groups -OCH3 is 1. The molecule has 0 saturated heterocycles. The fraction of sp³-hybridized carbons (Fsp3) is 0.471. The highest BCUT2D eigenvalue weighted by atomic mass is 79.9. The minimum atomic E-state index is -0.318. The molecule has 1 fully saturated rings. The molecule has 3 heteroatoms. The number of aryl methyl sites for hydroxylation is 2. The summed E-state index contributed by atoms with van der Waals surface area (Å²) >= 11 is 3.54. The number of fused-ring (bicyclic) bond motifs is 2. The highest BCUT2D eigenvalue weighted by Gasteiger charge is 2.51. The van der Waals surface area contributed by atoms with Crippen LogP contribution in [0.15, 0.2) is 28.4 Å². The Hall–Kier alpha value is -1.09. The number of ketones is 1. The number of benzene rings is 1. The Morgan fingerprint density at radius 1 is 1.30 bits per heavy atom. The molecular weight excluding hydrogens is 316 g/mol. The lowest BCUT2D eigenvalue weighted by molar-refractivity contribution is -0.120. The molecule has 2 aliphatic rings. The lowest BCUT2D eigenvalue weighted by atomic mass is 9.69. The fourth-order valence-corrected chi connectivity index (χ4v) is 4.83. The molecule has 3 rings (SSSR count). The minimum Gasteiger partial charge on any atom is -0.501 e. The first-order chi connectivity index (χ1) is 9.48. The van der Waals surface area contributed by atoms with Gasteiger partial charge in [-0.3, -0.25) is 4.79 Å². The number of rotatable bonds is 2. The van der Waals surface area contributed by atoms with E-state index in [-0.39, 0.29) is 11.2 Å². The highest BCUT2D eigenvalue weighted by Crippen LogP contribution is 2.52. The van der Waals surface area contributed by atoms with Crippen molar-refractivity contribution < 1.29 is 9.53 Å². The quantitative estimate of drug-likeness (QED) is 0.809. The molecule has 106 valence electrons. The van der Waals surface area contributed by atoms with E-state index in [2.05, 4.69) is 41.9 Å². The van der Waals surface area contributed by atoms with Crippen molar-refractivity contribution in [3.63, 3.8) is 0 Å². The van der Waals surface area contributed by atoms with Crippen molar-refractivity contribution in [2.75, 3.05) is 7.11 Å². The van der Waals surface area contributed by atoms with E-state index >= 15 is 0 Å². The summed E-state index contributed by atoms with van der Waals surface area (Å²) in [7, 11) is 1.67. The van der Waals surface area contributed by atoms with Crippen LogP contribution in [0.2, 0.25) is 0 Å². The third-order valence-corrected chi connectivity index (χ3v) is 5.33. The summed E-state index contributed by atoms with van der Waals surface area (Å²) in [6, 6.07) is 4.24. The van der Waals surface area contributed by atoms with Crippen LogP contribution in [0.4, 0.5) is 0 Å². The molecule has 20 heavy (non-hydrogen) atoms. The monoisotopic (exact) mass is 334 g/mol. The molecular formula is C17H19BrO2. The van der Waals surface area contributed by atoms with E-state index in [0.717, 1.165) is 29.5 Å². The number of halogens is 1. The van der Waals surface area contributed by atoms with Gasteiger partial charge >= 0.3 is 0 Å². The topological polar surface area (TPSA) is 26.3 Å². The fourth-order valence-electron chi connectivity index (χ4n) is 4.14. The molecule has 1 saturated carbocycles. The van der Waals surface area contributed by atoms with Crippen LogP contribution in [0.3, 0.4) is 0 Å². The molecule has 0 amide bonds. The maximum Gasteiger partial charge on any atom is 0.169 e. The van der Waals surface area contributed by atoms with Gasteiger partial charge in [-0.2, -0.15) is 0 Å². The second kappa shape index (κ2) is 4.73. The first-order valence-corrected chi connectivity index (χ1v) is 7.84. The summed E-state index contributed by atoms with van der Waals surface area (Å²) in [5.41, 5.74) is 3.33. The number of hydrogen-bond donors (Lipinski definition) is 0. The molecule has 0 heterocycles. The average Bonchev–Trinajstić information content (AvgIpc) is 2.75. The van der Waals surface area contributed by atoms with Gasteiger partial charge in [-0.05, 0) is 61.9 Å². The van der Waals surface area contributed by atoms with Crippen molar-refractivity contribution in [3.05, 3.63) is 45.1 Å². The van der Waals surface area contributed by atoms with Gasteiger partial charge in [0, 0.05) is 16.5 Å². The van der Waals surface area contributed by atoms with Gasteiger partial charge < -0.3 is 4.74 Å². The maximum atomic E-state index is 12.8. The summed E-state index contributed by atoms with van der Waals surface area (Å²) in [6.45, 7) is 4.22. The minimum absolute atomic E-state index is 0.219. The van der Waals surface area contributed by atoms with E-state index in [1.54, 1.807) is 13.2 Å². The molecule has 0 spiro atoms. The van der Waals surface area contributed by atoms with Gasteiger partial charge in [0.2, 0.25) is 0 Å². The molecule has 2 bridgehead atoms. The highest BCUT2D eigenvalue weighted by molar-refractivity contribution is 9.10. The second-order valence-electron chi connectivity index (χ2n) is 6.05. The molecule has 0 N–H and O–H groups in total. The first kappa shape index (κ1) is 13.9. The van der Waals surface area contributed by atoms with Crippen molar-refractivity contribution in [1.29, 1.82) is 0 Å². The summed E-state index contributed by atoms with van der Waals surface area (Å²) in [6.07, 6.45) is 4.61. The maximum absolute atomic E-state index is 12.8. The van der Waals surface area contributed by atoms with Gasteiger partial charge in [-0.25, -0.2) is 0 Å². The van der Waals surface area contributed by atoms with Crippen molar-refractivity contribution in [3.8, 4) is 0 Å². The van der Waals surface area contributed by atoms with E-state index in [1.165, 1.54) is 16.7 Å². The van der Waals surface area contributed by atoms with Crippen LogP contribution in [0.25, 0.3) is 0 Å². The number of carbonyl (C=O) groups excluding carboxylic acids is 1. The normalized spacial score (nSPS) is 28.5. The summed E-state index contributed by atoms with van der Waals surface area (Å²) in [5.74, 6) is 1.49. The second-order valence-corrected chi connectivity index (χ2v) is 6.97. The van der Waals surface area contributed by atoms with Crippen LogP contribution in [-0.2, 0) is 14.9 Å². The predicted molar refractivity (Wildman–Crippen MR) is 82.7 cm³/mol. The molecule has 1 aromatic rings. The number of allylic oxidation sites excluding steroid dienone is 2. The molecule has 0 aliphatic heterocycles. The first-order valence-electron chi connectivity index (χ1n) is 7.05. The summed E-state index contributed by atoms with van der Waals surface area (Å²) in [4.78, 5) is 12.8. The van der Waals surface area contributed by atoms with Gasteiger partial charge in [0.05, 0.1) is 12.5 Å². The SMILES string of the molecule is COC1=CC(=O)C2(c3c(C)cc(Br)cc3C)CCC1C2. The zero-order chi connectivity index (χ0) is 14.5. The van der Waals surface area contributed by atoms with E-state index in [1.807, 2.05) is 0 Å². The number of carbonyl (C=O) groups is 1. The third-order valence-electron chi connectivity index (χ3n) is 4.87. The van der Waals surface area contributed by atoms with Crippen LogP contribution in [0.1, 0.15) is 36.0 Å². The zero-order valence-corrected chi connectivity index (χ0v) is 13.7. The van der Waals surface area contributed by atoms with Crippen molar-refractivity contribution in [1.82, 2.24) is 0 Å². The van der Waals surface area contributed by atoms with E-state index < -0.39 is 0 Å². The van der Waals surface area contributed by atoms with Gasteiger partial charge in [0.1, 0.15) is 5.76 Å². The van der Waals surface area contributed by atoms with Crippen LogP contribution in [-0.4, -0.2) is 12.9 Å². The lowest BCUT2D eigenvalue weighted by Gasteiger charge is -2.33. The third kappa shape index (κ3) is 1.86. The van der Waals surface area contributed by atoms with Crippen LogP contribution < -0.4 is 0 Å². The molecule has 2 nitrogen and oxygen atoms in total. The molecule has 0 aromatic heterocycles. The van der Waals surface area contributed by atoms with Crippen molar-refractivity contribution in [2.24, 2.45) is 5.92 Å². The summed E-state index contributed by atoms with van der Waals surface area (Å²) in [5, 5.41) is 0. The Kier molecular flexibility index (Phi) is 3.28. The summed E-state index contributed by atoms with van der Waals surface area (Å²) < 4.78 is 6.47. The van der Waals surface area contributed by atoms with Gasteiger partial charge in [0.25, 0.3) is 0 Å². The Labute approximate surface area is 128 Å². The van der Waals surface area contributed by atoms with Crippen LogP contribution >= 0.6 is 15.9 Å². The smallest absolute Gasteiger partial charge is 0.169 e. The van der Waals surface area contributed by atoms with E-state index in [9.17, 15) is 4.79 Å². The van der Waals surface area contributed by atoms with Crippen molar-refractivity contribution >= 4 is 21.7 Å². The Bertz CT molecular complexity index is 594. The lowest BCUT2D eigenvalue weighted by Crippen LogP contribution is -2.36. The number of ether oxygens (including phenoxy) is 1. The van der Waals surface area contributed by atoms with E-state index in [4.69, 9.17) is 4.74 Å². The van der Waals surface area contributed by atoms with E-state index in [0.29, 0.717) is 5.92 Å². The molecule has 0 radical (unpaired) electrons. The van der Waals surface area contributed by atoms with Crippen LogP contribution in [0.5, 0.6) is 0 Å². The standard InChI is InChI=1S/C17H19BrO2/c1-10-6-13(18)7-11(2)16(10)17-5-4-12(9-17)14(20-3)8-15(17)19/h6-8,12H,4-5,9H2,1-3H3. The van der Waals surface area contributed by atoms with Gasteiger partial charge in [-0.1, -0.05) is 15.9 Å². The Morgan fingerprint density at radius 3 is 2.55 bits per heavy atom. The molecule has 2 atom stereocenters. The van der Waals surface area contributed by atoms with Gasteiger partial charge in [0.15, 0.2) is 5.78 Å². The molecule has 1 aromatic carbocycles. The van der Waals surface area contributed by atoms with Crippen LogP contribution in [0, 0.1) is 19.8 Å². The van der Waals surface area contributed by atoms with Gasteiger partial charge in [-0.15, -0.1) is 0 Å².